The fourth-order valence-electron chi connectivity index (χ4n) is 1.60. The second-order valence-electron chi connectivity index (χ2n) is 4.59. The van der Waals surface area contributed by atoms with Gasteiger partial charge in [-0.2, -0.15) is 0 Å². The lowest BCUT2D eigenvalue weighted by atomic mass is 9.89. The lowest BCUT2D eigenvalue weighted by Crippen LogP contribution is -2.39. The van der Waals surface area contributed by atoms with Crippen LogP contribution in [0.5, 0.6) is 0 Å². The van der Waals surface area contributed by atoms with Crippen molar-refractivity contribution in [3.05, 3.63) is 35.9 Å². The zero-order valence-electron chi connectivity index (χ0n) is 10.4. The van der Waals surface area contributed by atoms with Crippen LogP contribution < -0.4 is 0 Å². The van der Waals surface area contributed by atoms with Crippen LogP contribution in [0.4, 0.5) is 0 Å². The molecule has 0 aliphatic heterocycles. The van der Waals surface area contributed by atoms with E-state index < -0.39 is 5.60 Å². The minimum absolute atomic E-state index is 0.216. The smallest absolute Gasteiger partial charge is 0.0900 e. The van der Waals surface area contributed by atoms with Crippen LogP contribution in [-0.4, -0.2) is 17.3 Å². The summed E-state index contributed by atoms with van der Waals surface area (Å²) in [5, 5.41) is 10.3. The van der Waals surface area contributed by atoms with Crippen molar-refractivity contribution < 1.29 is 9.84 Å². The molecule has 0 unspecified atom stereocenters. The summed E-state index contributed by atoms with van der Waals surface area (Å²) in [6.07, 6.45) is 0.722. The van der Waals surface area contributed by atoms with E-state index in [4.69, 9.17) is 4.74 Å². The molecule has 1 N–H and O–H groups in total. The van der Waals surface area contributed by atoms with Gasteiger partial charge in [-0.1, -0.05) is 51.1 Å². The van der Waals surface area contributed by atoms with Crippen molar-refractivity contribution in [2.24, 2.45) is 5.92 Å². The molecule has 2 heteroatoms. The van der Waals surface area contributed by atoms with Crippen LogP contribution in [-0.2, 0) is 11.3 Å². The molecule has 1 atom stereocenters. The van der Waals surface area contributed by atoms with Crippen molar-refractivity contribution in [2.45, 2.75) is 39.4 Å². The Morgan fingerprint density at radius 1 is 1.25 bits per heavy atom. The van der Waals surface area contributed by atoms with Gasteiger partial charge in [0, 0.05) is 0 Å². The maximum atomic E-state index is 10.3. The Kier molecular flexibility index (Phi) is 4.97. The van der Waals surface area contributed by atoms with Crippen molar-refractivity contribution in [3.8, 4) is 0 Å². The molecule has 0 aliphatic carbocycles. The third kappa shape index (κ3) is 3.62. The predicted molar refractivity (Wildman–Crippen MR) is 66.2 cm³/mol. The third-order valence-corrected chi connectivity index (χ3v) is 3.15. The summed E-state index contributed by atoms with van der Waals surface area (Å²) < 4.78 is 5.59. The molecular formula is C14H22O2. The summed E-state index contributed by atoms with van der Waals surface area (Å²) >= 11 is 0. The topological polar surface area (TPSA) is 29.5 Å². The monoisotopic (exact) mass is 222 g/mol. The molecule has 1 aromatic rings. The molecule has 0 bridgehead atoms. The van der Waals surface area contributed by atoms with Gasteiger partial charge in [-0.15, -0.1) is 0 Å². The third-order valence-electron chi connectivity index (χ3n) is 3.15. The number of hydrogen-bond acceptors (Lipinski definition) is 2. The minimum Gasteiger partial charge on any atom is -0.387 e. The Morgan fingerprint density at radius 3 is 2.38 bits per heavy atom. The number of aliphatic hydroxyl groups is 1. The summed E-state index contributed by atoms with van der Waals surface area (Å²) in [5.41, 5.74) is 0.444. The van der Waals surface area contributed by atoms with E-state index in [0.29, 0.717) is 13.2 Å². The van der Waals surface area contributed by atoms with Crippen LogP contribution >= 0.6 is 0 Å². The molecule has 0 aliphatic rings. The van der Waals surface area contributed by atoms with Gasteiger partial charge in [0.15, 0.2) is 0 Å². The second-order valence-corrected chi connectivity index (χ2v) is 4.59. The molecule has 90 valence electrons. The van der Waals surface area contributed by atoms with Crippen molar-refractivity contribution >= 4 is 0 Å². The van der Waals surface area contributed by atoms with Crippen molar-refractivity contribution in [1.82, 2.24) is 0 Å². The Hall–Kier alpha value is -0.860. The maximum Gasteiger partial charge on any atom is 0.0900 e. The summed E-state index contributed by atoms with van der Waals surface area (Å²) in [6, 6.07) is 10.0. The highest BCUT2D eigenvalue weighted by molar-refractivity contribution is 5.13. The van der Waals surface area contributed by atoms with Crippen molar-refractivity contribution in [2.75, 3.05) is 6.61 Å². The van der Waals surface area contributed by atoms with Gasteiger partial charge < -0.3 is 9.84 Å². The van der Waals surface area contributed by atoms with Crippen LogP contribution in [0.3, 0.4) is 0 Å². The number of rotatable bonds is 6. The molecule has 2 nitrogen and oxygen atoms in total. The lowest BCUT2D eigenvalue weighted by Gasteiger charge is -2.30. The fourth-order valence-corrected chi connectivity index (χ4v) is 1.60. The van der Waals surface area contributed by atoms with E-state index in [2.05, 4.69) is 0 Å². The SMILES string of the molecule is CC[C@](O)(COCc1ccccc1)C(C)C. The Balaban J connectivity index is 2.40. The maximum absolute atomic E-state index is 10.3. The van der Waals surface area contributed by atoms with Crippen molar-refractivity contribution in [3.63, 3.8) is 0 Å². The molecule has 0 fully saturated rings. The first-order valence-corrected chi connectivity index (χ1v) is 5.92. The fraction of sp³-hybridized carbons (Fsp3) is 0.571. The van der Waals surface area contributed by atoms with Crippen LogP contribution in [0, 0.1) is 5.92 Å². The highest BCUT2D eigenvalue weighted by Gasteiger charge is 2.28. The zero-order chi connectivity index (χ0) is 12.0. The van der Waals surface area contributed by atoms with Gasteiger partial charge in [-0.05, 0) is 17.9 Å². The normalized spacial score (nSPS) is 15.1. The van der Waals surface area contributed by atoms with E-state index in [9.17, 15) is 5.11 Å². The van der Waals surface area contributed by atoms with E-state index in [1.807, 2.05) is 51.1 Å². The highest BCUT2D eigenvalue weighted by Crippen LogP contribution is 2.21. The number of hydrogen-bond donors (Lipinski definition) is 1. The molecule has 0 saturated carbocycles. The van der Waals surface area contributed by atoms with E-state index in [1.54, 1.807) is 0 Å². The molecule has 0 aromatic heterocycles. The first kappa shape index (κ1) is 13.2. The van der Waals surface area contributed by atoms with E-state index >= 15 is 0 Å². The summed E-state index contributed by atoms with van der Waals surface area (Å²) in [6.45, 7) is 7.00. The van der Waals surface area contributed by atoms with Gasteiger partial charge in [0.1, 0.15) is 0 Å². The van der Waals surface area contributed by atoms with Gasteiger partial charge in [0.25, 0.3) is 0 Å². The summed E-state index contributed by atoms with van der Waals surface area (Å²) in [7, 11) is 0. The molecule has 16 heavy (non-hydrogen) atoms. The Labute approximate surface area is 98.3 Å². The largest absolute Gasteiger partial charge is 0.387 e. The average Bonchev–Trinajstić information content (AvgIpc) is 2.30. The molecule has 0 heterocycles. The standard InChI is InChI=1S/C14H22O2/c1-4-14(15,12(2)3)11-16-10-13-8-6-5-7-9-13/h5-9,12,15H,4,10-11H2,1-3H3/t14-/m0/s1. The summed E-state index contributed by atoms with van der Waals surface area (Å²) in [4.78, 5) is 0. The van der Waals surface area contributed by atoms with E-state index in [-0.39, 0.29) is 5.92 Å². The second kappa shape index (κ2) is 6.02. The molecule has 1 rings (SSSR count). The minimum atomic E-state index is -0.700. The number of benzene rings is 1. The molecule has 0 amide bonds. The average molecular weight is 222 g/mol. The van der Waals surface area contributed by atoms with Crippen molar-refractivity contribution in [1.29, 1.82) is 0 Å². The van der Waals surface area contributed by atoms with Gasteiger partial charge in [0.2, 0.25) is 0 Å². The molecule has 0 radical (unpaired) electrons. The molecule has 0 saturated heterocycles. The molecule has 0 spiro atoms. The van der Waals surface area contributed by atoms with E-state index in [1.165, 1.54) is 0 Å². The predicted octanol–water partition coefficient (Wildman–Crippen LogP) is 3.00. The quantitative estimate of drug-likeness (QED) is 0.801. The Bertz CT molecular complexity index is 295. The van der Waals surface area contributed by atoms with Gasteiger partial charge in [0.05, 0.1) is 18.8 Å². The van der Waals surface area contributed by atoms with E-state index in [0.717, 1.165) is 12.0 Å². The van der Waals surface area contributed by atoms with Crippen LogP contribution in [0.15, 0.2) is 30.3 Å². The Morgan fingerprint density at radius 2 is 1.88 bits per heavy atom. The van der Waals surface area contributed by atoms with Crippen LogP contribution in [0.2, 0.25) is 0 Å². The molecule has 1 aromatic carbocycles. The first-order chi connectivity index (χ1) is 7.58. The van der Waals surface area contributed by atoms with Gasteiger partial charge in [-0.25, -0.2) is 0 Å². The summed E-state index contributed by atoms with van der Waals surface area (Å²) in [5.74, 6) is 0.216. The van der Waals surface area contributed by atoms with Gasteiger partial charge in [-0.3, -0.25) is 0 Å². The van der Waals surface area contributed by atoms with Crippen LogP contribution in [0.1, 0.15) is 32.8 Å². The van der Waals surface area contributed by atoms with Gasteiger partial charge >= 0.3 is 0 Å². The highest BCUT2D eigenvalue weighted by atomic mass is 16.5. The van der Waals surface area contributed by atoms with Crippen LogP contribution in [0.25, 0.3) is 0 Å². The first-order valence-electron chi connectivity index (χ1n) is 5.92. The zero-order valence-corrected chi connectivity index (χ0v) is 10.4. The molecular weight excluding hydrogens is 200 g/mol. The number of ether oxygens (including phenoxy) is 1. The lowest BCUT2D eigenvalue weighted by molar-refractivity contribution is -0.0829.